The van der Waals surface area contributed by atoms with Crippen molar-refractivity contribution in [2.24, 2.45) is 0 Å². The van der Waals surface area contributed by atoms with Gasteiger partial charge in [0.05, 0.1) is 17.4 Å². The average molecular weight is 354 g/mol. The Labute approximate surface area is 154 Å². The Morgan fingerprint density at radius 3 is 2.46 bits per heavy atom. The summed E-state index contributed by atoms with van der Waals surface area (Å²) in [4.78, 5) is 24.8. The van der Waals surface area contributed by atoms with Crippen LogP contribution in [0.4, 0.5) is 5.69 Å². The first-order chi connectivity index (χ1) is 12.4. The molecule has 2 aromatic carbocycles. The van der Waals surface area contributed by atoms with Crippen LogP contribution in [0.1, 0.15) is 42.3 Å². The Balaban J connectivity index is 2.05. The molecular formula is C21H26N2O3. The predicted molar refractivity (Wildman–Crippen MR) is 103 cm³/mol. The molecule has 0 fully saturated rings. The lowest BCUT2D eigenvalue weighted by molar-refractivity contribution is -0.128. The van der Waals surface area contributed by atoms with Crippen LogP contribution < -0.4 is 10.6 Å². The van der Waals surface area contributed by atoms with Crippen molar-refractivity contribution in [3.63, 3.8) is 0 Å². The van der Waals surface area contributed by atoms with Crippen LogP contribution in [0.15, 0.2) is 48.5 Å². The number of nitrogens with one attached hydrogen (secondary N) is 2. The Hall–Kier alpha value is -2.66. The molecule has 5 nitrogen and oxygen atoms in total. The summed E-state index contributed by atoms with van der Waals surface area (Å²) in [5, 5.41) is 5.68. The Bertz CT molecular complexity index is 771. The molecule has 2 amide bonds. The topological polar surface area (TPSA) is 67.4 Å². The number of ether oxygens (including phenoxy) is 1. The van der Waals surface area contributed by atoms with Crippen LogP contribution in [-0.2, 0) is 16.1 Å². The third kappa shape index (κ3) is 5.70. The molecule has 0 saturated carbocycles. The van der Waals surface area contributed by atoms with Crippen LogP contribution in [0.3, 0.4) is 0 Å². The summed E-state index contributed by atoms with van der Waals surface area (Å²) in [6.07, 6.45) is -0.651. The third-order valence-corrected chi connectivity index (χ3v) is 3.81. The molecule has 0 aromatic heterocycles. The van der Waals surface area contributed by atoms with Crippen molar-refractivity contribution in [3.05, 3.63) is 65.2 Å². The number of anilines is 1. The van der Waals surface area contributed by atoms with Crippen molar-refractivity contribution in [1.29, 1.82) is 0 Å². The van der Waals surface area contributed by atoms with Crippen LogP contribution in [0.25, 0.3) is 0 Å². The van der Waals surface area contributed by atoms with E-state index < -0.39 is 6.10 Å². The molecule has 0 saturated heterocycles. The Morgan fingerprint density at radius 1 is 1.04 bits per heavy atom. The van der Waals surface area contributed by atoms with Crippen molar-refractivity contribution in [1.82, 2.24) is 5.32 Å². The SMILES string of the molecule is Cc1cccc(CNC(=O)c2ccccc2NC(=O)C(C)OC(C)C)c1. The van der Waals surface area contributed by atoms with Gasteiger partial charge >= 0.3 is 0 Å². The van der Waals surface area contributed by atoms with Crippen LogP contribution in [0, 0.1) is 6.92 Å². The minimum Gasteiger partial charge on any atom is -0.366 e. The molecule has 1 atom stereocenters. The van der Waals surface area contributed by atoms with Gasteiger partial charge in [-0.25, -0.2) is 0 Å². The highest BCUT2D eigenvalue weighted by atomic mass is 16.5. The van der Waals surface area contributed by atoms with Crippen LogP contribution >= 0.6 is 0 Å². The fraction of sp³-hybridized carbons (Fsp3) is 0.333. The maximum atomic E-state index is 12.6. The van der Waals surface area contributed by atoms with Gasteiger partial charge in [0, 0.05) is 6.54 Å². The minimum absolute atomic E-state index is 0.0522. The normalized spacial score (nSPS) is 11.9. The zero-order valence-electron chi connectivity index (χ0n) is 15.7. The first kappa shape index (κ1) is 19.7. The molecule has 0 bridgehead atoms. The number of carbonyl (C=O) groups excluding carboxylic acids is 2. The molecule has 2 N–H and O–H groups in total. The van der Waals surface area contributed by atoms with Gasteiger partial charge in [-0.2, -0.15) is 0 Å². The van der Waals surface area contributed by atoms with E-state index >= 15 is 0 Å². The predicted octanol–water partition coefficient (Wildman–Crippen LogP) is 3.68. The van der Waals surface area contributed by atoms with E-state index in [-0.39, 0.29) is 17.9 Å². The van der Waals surface area contributed by atoms with Gasteiger partial charge in [-0.3, -0.25) is 9.59 Å². The number of benzene rings is 2. The summed E-state index contributed by atoms with van der Waals surface area (Å²) < 4.78 is 5.49. The number of para-hydroxylation sites is 1. The highest BCUT2D eigenvalue weighted by Crippen LogP contribution is 2.16. The smallest absolute Gasteiger partial charge is 0.253 e. The molecule has 2 rings (SSSR count). The summed E-state index contributed by atoms with van der Waals surface area (Å²) in [7, 11) is 0. The van der Waals surface area contributed by atoms with E-state index in [4.69, 9.17) is 4.74 Å². The fourth-order valence-corrected chi connectivity index (χ4v) is 2.59. The number of rotatable bonds is 7. The summed E-state index contributed by atoms with van der Waals surface area (Å²) in [6, 6.07) is 14.9. The van der Waals surface area contributed by atoms with Crippen LogP contribution in [0.2, 0.25) is 0 Å². The lowest BCUT2D eigenvalue weighted by Crippen LogP contribution is -2.31. The van der Waals surface area contributed by atoms with E-state index in [9.17, 15) is 9.59 Å². The van der Waals surface area contributed by atoms with Gasteiger partial charge in [-0.05, 0) is 45.4 Å². The van der Waals surface area contributed by atoms with Crippen LogP contribution in [0.5, 0.6) is 0 Å². The van der Waals surface area contributed by atoms with E-state index in [1.165, 1.54) is 0 Å². The van der Waals surface area contributed by atoms with Gasteiger partial charge in [0.1, 0.15) is 6.10 Å². The van der Waals surface area contributed by atoms with Gasteiger partial charge in [0.2, 0.25) is 0 Å². The van der Waals surface area contributed by atoms with Gasteiger partial charge in [0.15, 0.2) is 0 Å². The largest absolute Gasteiger partial charge is 0.366 e. The fourth-order valence-electron chi connectivity index (χ4n) is 2.59. The quantitative estimate of drug-likeness (QED) is 0.797. The number of hydrogen-bond donors (Lipinski definition) is 2. The second kappa shape index (κ2) is 9.15. The average Bonchev–Trinajstić information content (AvgIpc) is 2.59. The molecule has 1 unspecified atom stereocenters. The lowest BCUT2D eigenvalue weighted by Gasteiger charge is -2.17. The lowest BCUT2D eigenvalue weighted by atomic mass is 10.1. The molecule has 5 heteroatoms. The van der Waals surface area contributed by atoms with E-state index in [1.54, 1.807) is 31.2 Å². The van der Waals surface area contributed by atoms with Crippen molar-refractivity contribution < 1.29 is 14.3 Å². The van der Waals surface area contributed by atoms with Gasteiger partial charge in [-0.1, -0.05) is 42.0 Å². The molecule has 0 spiro atoms. The highest BCUT2D eigenvalue weighted by molar-refractivity contribution is 6.04. The standard InChI is InChI=1S/C21H26N2O3/c1-14(2)26-16(4)20(24)23-19-11-6-5-10-18(19)21(25)22-13-17-9-7-8-15(3)12-17/h5-12,14,16H,13H2,1-4H3,(H,22,25)(H,23,24). The highest BCUT2D eigenvalue weighted by Gasteiger charge is 2.18. The Kier molecular flexibility index (Phi) is 6.92. The third-order valence-electron chi connectivity index (χ3n) is 3.81. The molecule has 0 aliphatic carbocycles. The van der Waals surface area contributed by atoms with Gasteiger partial charge in [-0.15, -0.1) is 0 Å². The number of hydrogen-bond acceptors (Lipinski definition) is 3. The molecular weight excluding hydrogens is 328 g/mol. The zero-order valence-corrected chi connectivity index (χ0v) is 15.7. The summed E-state index contributed by atoms with van der Waals surface area (Å²) >= 11 is 0. The van der Waals surface area contributed by atoms with E-state index in [0.717, 1.165) is 11.1 Å². The first-order valence-corrected chi connectivity index (χ1v) is 8.76. The summed E-state index contributed by atoms with van der Waals surface area (Å²) in [6.45, 7) is 7.87. The Morgan fingerprint density at radius 2 is 1.77 bits per heavy atom. The summed E-state index contributed by atoms with van der Waals surface area (Å²) in [5.74, 6) is -0.516. The molecule has 26 heavy (non-hydrogen) atoms. The number of aryl methyl sites for hydroxylation is 1. The molecule has 0 aliphatic heterocycles. The second-order valence-corrected chi connectivity index (χ2v) is 6.53. The molecule has 138 valence electrons. The zero-order chi connectivity index (χ0) is 19.1. The molecule has 2 aromatic rings. The molecule has 0 heterocycles. The van der Waals surface area contributed by atoms with Crippen LogP contribution in [-0.4, -0.2) is 24.0 Å². The van der Waals surface area contributed by atoms with E-state index in [0.29, 0.717) is 17.8 Å². The summed E-state index contributed by atoms with van der Waals surface area (Å²) in [5.41, 5.74) is 3.06. The van der Waals surface area contributed by atoms with Crippen molar-refractivity contribution >= 4 is 17.5 Å². The van der Waals surface area contributed by atoms with Crippen molar-refractivity contribution in [3.8, 4) is 0 Å². The second-order valence-electron chi connectivity index (χ2n) is 6.53. The van der Waals surface area contributed by atoms with Crippen molar-refractivity contribution in [2.45, 2.75) is 46.4 Å². The maximum absolute atomic E-state index is 12.6. The van der Waals surface area contributed by atoms with Crippen molar-refractivity contribution in [2.75, 3.05) is 5.32 Å². The van der Waals surface area contributed by atoms with E-state index in [2.05, 4.69) is 10.6 Å². The first-order valence-electron chi connectivity index (χ1n) is 8.76. The monoisotopic (exact) mass is 354 g/mol. The molecule has 0 aliphatic rings. The van der Waals surface area contributed by atoms with Gasteiger partial charge in [0.25, 0.3) is 11.8 Å². The molecule has 0 radical (unpaired) electrons. The van der Waals surface area contributed by atoms with E-state index in [1.807, 2.05) is 45.0 Å². The minimum atomic E-state index is -0.599. The maximum Gasteiger partial charge on any atom is 0.253 e. The number of amides is 2. The van der Waals surface area contributed by atoms with Gasteiger partial charge < -0.3 is 15.4 Å². The number of carbonyl (C=O) groups is 2.